The van der Waals surface area contributed by atoms with E-state index in [1.54, 1.807) is 13.8 Å². The first-order valence-electron chi connectivity index (χ1n) is 4.55. The highest BCUT2D eigenvalue weighted by Crippen LogP contribution is 2.16. The van der Waals surface area contributed by atoms with E-state index in [9.17, 15) is 5.11 Å². The molecule has 0 radical (unpaired) electrons. The van der Waals surface area contributed by atoms with Gasteiger partial charge in [-0.05, 0) is 39.0 Å². The molecule has 3 heteroatoms. The molecule has 0 saturated heterocycles. The number of hydrogen-bond donors (Lipinski definition) is 3. The maximum absolute atomic E-state index is 9.26. The molecular formula is C9H20O3. The van der Waals surface area contributed by atoms with E-state index in [0.717, 1.165) is 6.42 Å². The molecule has 3 nitrogen and oxygen atoms in total. The van der Waals surface area contributed by atoms with Gasteiger partial charge in [0.1, 0.15) is 0 Å². The van der Waals surface area contributed by atoms with Gasteiger partial charge in [-0.2, -0.15) is 0 Å². The van der Waals surface area contributed by atoms with E-state index in [1.165, 1.54) is 0 Å². The van der Waals surface area contributed by atoms with Gasteiger partial charge in [0, 0.05) is 6.61 Å². The van der Waals surface area contributed by atoms with Crippen LogP contribution in [0.15, 0.2) is 0 Å². The van der Waals surface area contributed by atoms with Crippen LogP contribution in [0.25, 0.3) is 0 Å². The lowest BCUT2D eigenvalue weighted by Crippen LogP contribution is -2.19. The lowest BCUT2D eigenvalue weighted by atomic mass is 9.93. The van der Waals surface area contributed by atoms with Gasteiger partial charge in [0.15, 0.2) is 0 Å². The predicted molar refractivity (Wildman–Crippen MR) is 47.8 cm³/mol. The van der Waals surface area contributed by atoms with E-state index in [1.807, 2.05) is 0 Å². The molecule has 12 heavy (non-hydrogen) atoms. The van der Waals surface area contributed by atoms with Crippen LogP contribution in [-0.2, 0) is 0 Å². The van der Waals surface area contributed by atoms with Crippen LogP contribution in [0.5, 0.6) is 0 Å². The number of aliphatic hydroxyl groups excluding tert-OH is 3. The monoisotopic (exact) mass is 176 g/mol. The van der Waals surface area contributed by atoms with Gasteiger partial charge in [-0.25, -0.2) is 0 Å². The standard InChI is InChI=1S/C9H20O3/c1-7(11)3-4-9(5-6-10)8(2)12/h7-12H,3-6H2,1-2H3/t7?,8?,9-/m1/s1. The largest absolute Gasteiger partial charge is 0.396 e. The second kappa shape index (κ2) is 6.40. The smallest absolute Gasteiger partial charge is 0.0541 e. The zero-order chi connectivity index (χ0) is 9.56. The van der Waals surface area contributed by atoms with Crippen LogP contribution in [0.2, 0.25) is 0 Å². The molecule has 0 aliphatic heterocycles. The van der Waals surface area contributed by atoms with Crippen LogP contribution >= 0.6 is 0 Å². The van der Waals surface area contributed by atoms with Gasteiger partial charge in [-0.1, -0.05) is 0 Å². The molecule has 0 aromatic carbocycles. The van der Waals surface area contributed by atoms with Crippen molar-refractivity contribution >= 4 is 0 Å². The van der Waals surface area contributed by atoms with Gasteiger partial charge >= 0.3 is 0 Å². The molecule has 3 N–H and O–H groups in total. The third kappa shape index (κ3) is 5.52. The van der Waals surface area contributed by atoms with Crippen LogP contribution in [-0.4, -0.2) is 34.1 Å². The summed E-state index contributed by atoms with van der Waals surface area (Å²) in [6.07, 6.45) is 1.37. The summed E-state index contributed by atoms with van der Waals surface area (Å²) >= 11 is 0. The van der Waals surface area contributed by atoms with Crippen LogP contribution in [0.1, 0.15) is 33.1 Å². The van der Waals surface area contributed by atoms with Crippen molar-refractivity contribution in [2.75, 3.05) is 6.61 Å². The van der Waals surface area contributed by atoms with Crippen molar-refractivity contribution in [1.82, 2.24) is 0 Å². The Labute approximate surface area is 74.0 Å². The van der Waals surface area contributed by atoms with Crippen molar-refractivity contribution in [2.45, 2.75) is 45.3 Å². The van der Waals surface area contributed by atoms with Crippen LogP contribution < -0.4 is 0 Å². The van der Waals surface area contributed by atoms with E-state index in [2.05, 4.69) is 0 Å². The molecule has 0 fully saturated rings. The second-order valence-corrected chi connectivity index (χ2v) is 3.44. The van der Waals surface area contributed by atoms with E-state index in [0.29, 0.717) is 12.8 Å². The van der Waals surface area contributed by atoms with E-state index in [4.69, 9.17) is 10.2 Å². The molecule has 0 bridgehead atoms. The quantitative estimate of drug-likeness (QED) is 0.553. The molecule has 0 aliphatic carbocycles. The summed E-state index contributed by atoms with van der Waals surface area (Å²) in [6.45, 7) is 3.57. The Morgan fingerprint density at radius 3 is 1.92 bits per heavy atom. The third-order valence-corrected chi connectivity index (χ3v) is 2.14. The molecule has 0 amide bonds. The normalized spacial score (nSPS) is 18.8. The zero-order valence-electron chi connectivity index (χ0n) is 7.90. The van der Waals surface area contributed by atoms with Crippen LogP contribution in [0, 0.1) is 5.92 Å². The molecule has 3 atom stereocenters. The first kappa shape index (κ1) is 11.9. The molecule has 0 aromatic rings. The Morgan fingerprint density at radius 2 is 1.58 bits per heavy atom. The summed E-state index contributed by atoms with van der Waals surface area (Å²) in [6, 6.07) is 0. The summed E-state index contributed by atoms with van der Waals surface area (Å²) in [5, 5.41) is 26.9. The average Bonchev–Trinajstić information content (AvgIpc) is 1.96. The summed E-state index contributed by atoms with van der Waals surface area (Å²) < 4.78 is 0. The molecule has 0 aromatic heterocycles. The molecule has 0 aliphatic rings. The molecular weight excluding hydrogens is 156 g/mol. The first-order chi connectivity index (χ1) is 5.57. The molecule has 0 spiro atoms. The second-order valence-electron chi connectivity index (χ2n) is 3.44. The van der Waals surface area contributed by atoms with Crippen molar-refractivity contribution in [3.05, 3.63) is 0 Å². The van der Waals surface area contributed by atoms with Gasteiger partial charge in [0.25, 0.3) is 0 Å². The molecule has 0 heterocycles. The van der Waals surface area contributed by atoms with Gasteiger partial charge < -0.3 is 15.3 Å². The highest BCUT2D eigenvalue weighted by Gasteiger charge is 2.14. The fourth-order valence-electron chi connectivity index (χ4n) is 1.25. The van der Waals surface area contributed by atoms with Crippen LogP contribution in [0.3, 0.4) is 0 Å². The summed E-state index contributed by atoms with van der Waals surface area (Å²) in [5.41, 5.74) is 0. The van der Waals surface area contributed by atoms with Crippen molar-refractivity contribution in [1.29, 1.82) is 0 Å². The molecule has 0 rings (SSSR count). The van der Waals surface area contributed by atoms with Gasteiger partial charge in [-0.15, -0.1) is 0 Å². The molecule has 2 unspecified atom stereocenters. The topological polar surface area (TPSA) is 60.7 Å². The predicted octanol–water partition coefficient (Wildman–Crippen LogP) is 0.527. The number of aliphatic hydroxyl groups is 3. The van der Waals surface area contributed by atoms with Crippen molar-refractivity contribution in [3.8, 4) is 0 Å². The van der Waals surface area contributed by atoms with Crippen molar-refractivity contribution in [2.24, 2.45) is 5.92 Å². The first-order valence-corrected chi connectivity index (χ1v) is 4.55. The minimum Gasteiger partial charge on any atom is -0.396 e. The number of rotatable bonds is 6. The minimum absolute atomic E-state index is 0.107. The van der Waals surface area contributed by atoms with Crippen LogP contribution in [0.4, 0.5) is 0 Å². The SMILES string of the molecule is CC(O)CC[C@H](CCO)C(C)O. The van der Waals surface area contributed by atoms with Crippen molar-refractivity contribution in [3.63, 3.8) is 0 Å². The van der Waals surface area contributed by atoms with E-state index in [-0.39, 0.29) is 18.6 Å². The van der Waals surface area contributed by atoms with E-state index < -0.39 is 6.10 Å². The Morgan fingerprint density at radius 1 is 1.00 bits per heavy atom. The van der Waals surface area contributed by atoms with Gasteiger partial charge in [0.05, 0.1) is 12.2 Å². The fourth-order valence-corrected chi connectivity index (χ4v) is 1.25. The Hall–Kier alpha value is -0.120. The summed E-state index contributed by atoms with van der Waals surface area (Å²) in [7, 11) is 0. The number of hydrogen-bond acceptors (Lipinski definition) is 3. The molecule has 74 valence electrons. The highest BCUT2D eigenvalue weighted by atomic mass is 16.3. The lowest BCUT2D eigenvalue weighted by Gasteiger charge is -2.19. The Bertz CT molecular complexity index is 102. The zero-order valence-corrected chi connectivity index (χ0v) is 7.90. The van der Waals surface area contributed by atoms with E-state index >= 15 is 0 Å². The van der Waals surface area contributed by atoms with Gasteiger partial charge in [-0.3, -0.25) is 0 Å². The Balaban J connectivity index is 3.63. The maximum atomic E-state index is 9.26. The fraction of sp³-hybridized carbons (Fsp3) is 1.00. The minimum atomic E-state index is -0.393. The highest BCUT2D eigenvalue weighted by molar-refractivity contribution is 4.65. The maximum Gasteiger partial charge on any atom is 0.0541 e. The Kier molecular flexibility index (Phi) is 6.34. The summed E-state index contributed by atoms with van der Waals surface area (Å²) in [5.74, 6) is 0.115. The lowest BCUT2D eigenvalue weighted by molar-refractivity contribution is 0.0854. The third-order valence-electron chi connectivity index (χ3n) is 2.14. The molecule has 0 saturated carbocycles. The summed E-state index contributed by atoms with van der Waals surface area (Å²) in [4.78, 5) is 0. The van der Waals surface area contributed by atoms with Crippen molar-refractivity contribution < 1.29 is 15.3 Å². The average molecular weight is 176 g/mol. The van der Waals surface area contributed by atoms with Gasteiger partial charge in [0.2, 0.25) is 0 Å².